The summed E-state index contributed by atoms with van der Waals surface area (Å²) in [7, 11) is 0. The number of thiazole rings is 1. The Morgan fingerprint density at radius 1 is 1.23 bits per heavy atom. The molecular weight excluding hydrogens is 396 g/mol. The average molecular weight is 414 g/mol. The molecule has 0 fully saturated rings. The summed E-state index contributed by atoms with van der Waals surface area (Å²) in [5.41, 5.74) is 5.75. The van der Waals surface area contributed by atoms with E-state index >= 15 is 0 Å². The van der Waals surface area contributed by atoms with E-state index in [4.69, 9.17) is 5.10 Å². The monoisotopic (exact) mass is 414 g/mol. The van der Waals surface area contributed by atoms with Crippen molar-refractivity contribution in [1.82, 2.24) is 29.5 Å². The fourth-order valence-corrected chi connectivity index (χ4v) is 5.11. The van der Waals surface area contributed by atoms with Gasteiger partial charge in [-0.25, -0.2) is 14.5 Å². The SMILES string of the molecule is Cc1cccn2nc([C@@H]3c4nc[nH]c4CCN3C(=O)c3nc4ccccc4s3)cc12. The molecular formula is C22H18N6OS. The number of carbonyl (C=O) groups is 1. The summed E-state index contributed by atoms with van der Waals surface area (Å²) in [5, 5.41) is 5.30. The van der Waals surface area contributed by atoms with Crippen LogP contribution in [0.15, 0.2) is 55.0 Å². The van der Waals surface area contributed by atoms with Crippen molar-refractivity contribution in [1.29, 1.82) is 0 Å². The number of amides is 1. The number of aromatic nitrogens is 5. The first-order valence-electron chi connectivity index (χ1n) is 9.82. The zero-order valence-electron chi connectivity index (χ0n) is 16.2. The standard InChI is InChI=1S/C22H18N6OS/c1-13-5-4-9-28-17(13)11-16(26-28)20-19-15(23-12-24-19)8-10-27(20)22(29)21-25-14-6-2-3-7-18(14)30-21/h2-7,9,11-12,20H,8,10H2,1H3,(H,23,24)/t20-/m1/s1. The van der Waals surface area contributed by atoms with Gasteiger partial charge in [0.2, 0.25) is 0 Å². The maximum absolute atomic E-state index is 13.6. The Hall–Kier alpha value is -3.52. The van der Waals surface area contributed by atoms with Gasteiger partial charge in [0.15, 0.2) is 5.01 Å². The predicted octanol–water partition coefficient (Wildman–Crippen LogP) is 3.76. The molecule has 4 aromatic heterocycles. The fourth-order valence-electron chi connectivity index (χ4n) is 4.19. The minimum absolute atomic E-state index is 0.0800. The Morgan fingerprint density at radius 2 is 2.13 bits per heavy atom. The smallest absolute Gasteiger partial charge is 0.283 e. The van der Waals surface area contributed by atoms with Crippen LogP contribution in [-0.4, -0.2) is 41.9 Å². The molecule has 148 valence electrons. The molecule has 0 saturated carbocycles. The van der Waals surface area contributed by atoms with Gasteiger partial charge in [0.05, 0.1) is 33.4 Å². The van der Waals surface area contributed by atoms with Crippen LogP contribution >= 0.6 is 11.3 Å². The molecule has 5 heterocycles. The molecule has 1 N–H and O–H groups in total. The van der Waals surface area contributed by atoms with E-state index in [1.54, 1.807) is 6.33 Å². The highest BCUT2D eigenvalue weighted by Crippen LogP contribution is 2.35. The number of hydrogen-bond acceptors (Lipinski definition) is 5. The van der Waals surface area contributed by atoms with Gasteiger partial charge >= 0.3 is 0 Å². The molecule has 7 nitrogen and oxygen atoms in total. The second kappa shape index (κ2) is 6.50. The van der Waals surface area contributed by atoms with Crippen LogP contribution in [0.1, 0.15) is 38.5 Å². The summed E-state index contributed by atoms with van der Waals surface area (Å²) in [6.45, 7) is 2.65. The van der Waals surface area contributed by atoms with Crippen molar-refractivity contribution in [3.8, 4) is 0 Å². The van der Waals surface area contributed by atoms with Crippen LogP contribution in [0.5, 0.6) is 0 Å². The van der Waals surface area contributed by atoms with Gasteiger partial charge in [-0.05, 0) is 36.8 Å². The van der Waals surface area contributed by atoms with Crippen molar-refractivity contribution in [2.75, 3.05) is 6.54 Å². The lowest BCUT2D eigenvalue weighted by Gasteiger charge is -2.33. The van der Waals surface area contributed by atoms with Crippen molar-refractivity contribution < 1.29 is 4.79 Å². The normalized spacial score (nSPS) is 16.3. The van der Waals surface area contributed by atoms with E-state index in [2.05, 4.69) is 34.0 Å². The number of nitrogens with one attached hydrogen (secondary N) is 1. The molecule has 1 amide bonds. The van der Waals surface area contributed by atoms with Crippen LogP contribution in [0.25, 0.3) is 15.7 Å². The maximum atomic E-state index is 13.6. The van der Waals surface area contributed by atoms with E-state index in [0.29, 0.717) is 11.6 Å². The highest BCUT2D eigenvalue weighted by atomic mass is 32.1. The van der Waals surface area contributed by atoms with Crippen LogP contribution in [-0.2, 0) is 6.42 Å². The summed E-state index contributed by atoms with van der Waals surface area (Å²) in [6, 6.07) is 13.6. The van der Waals surface area contributed by atoms with Crippen molar-refractivity contribution in [3.05, 3.63) is 82.6 Å². The number of aromatic amines is 1. The number of H-pyrrole nitrogens is 1. The number of benzene rings is 1. The molecule has 1 aliphatic heterocycles. The average Bonchev–Trinajstić information content (AvgIpc) is 3.49. The van der Waals surface area contributed by atoms with Gasteiger partial charge in [0.25, 0.3) is 5.91 Å². The Balaban J connectivity index is 1.48. The summed E-state index contributed by atoms with van der Waals surface area (Å²) in [5.74, 6) is -0.0800. The van der Waals surface area contributed by atoms with Gasteiger partial charge in [-0.2, -0.15) is 5.10 Å². The number of rotatable bonds is 2. The van der Waals surface area contributed by atoms with Crippen LogP contribution in [0.2, 0.25) is 0 Å². The number of pyridine rings is 1. The van der Waals surface area contributed by atoms with Crippen molar-refractivity contribution in [2.24, 2.45) is 0 Å². The highest BCUT2D eigenvalue weighted by Gasteiger charge is 2.37. The summed E-state index contributed by atoms with van der Waals surface area (Å²) >= 11 is 1.43. The molecule has 1 aromatic carbocycles. The summed E-state index contributed by atoms with van der Waals surface area (Å²) in [6.07, 6.45) is 4.36. The Labute approximate surface area is 176 Å². The van der Waals surface area contributed by atoms with Crippen LogP contribution in [0.3, 0.4) is 0 Å². The first-order valence-corrected chi connectivity index (χ1v) is 10.6. The second-order valence-electron chi connectivity index (χ2n) is 7.49. The molecule has 6 rings (SSSR count). The lowest BCUT2D eigenvalue weighted by molar-refractivity contribution is 0.0687. The number of aryl methyl sites for hydroxylation is 1. The van der Waals surface area contributed by atoms with E-state index in [9.17, 15) is 4.79 Å². The van der Waals surface area contributed by atoms with E-state index < -0.39 is 0 Å². The molecule has 0 saturated heterocycles. The largest absolute Gasteiger partial charge is 0.348 e. The second-order valence-corrected chi connectivity index (χ2v) is 8.53. The third kappa shape index (κ3) is 2.57. The Morgan fingerprint density at radius 3 is 3.00 bits per heavy atom. The van der Waals surface area contributed by atoms with Gasteiger partial charge < -0.3 is 9.88 Å². The number of hydrogen-bond donors (Lipinski definition) is 1. The molecule has 1 atom stereocenters. The first-order chi connectivity index (χ1) is 14.7. The molecule has 0 bridgehead atoms. The van der Waals surface area contributed by atoms with Crippen LogP contribution in [0.4, 0.5) is 0 Å². The van der Waals surface area contributed by atoms with Crippen LogP contribution in [0, 0.1) is 6.92 Å². The van der Waals surface area contributed by atoms with Gasteiger partial charge in [0, 0.05) is 24.9 Å². The van der Waals surface area contributed by atoms with Gasteiger partial charge in [-0.15, -0.1) is 11.3 Å². The lowest BCUT2D eigenvalue weighted by atomic mass is 9.99. The predicted molar refractivity (Wildman–Crippen MR) is 115 cm³/mol. The van der Waals surface area contributed by atoms with Gasteiger partial charge in [-0.1, -0.05) is 18.2 Å². The number of imidazole rings is 1. The molecule has 0 spiro atoms. The molecule has 0 aliphatic carbocycles. The lowest BCUT2D eigenvalue weighted by Crippen LogP contribution is -2.41. The van der Waals surface area contributed by atoms with Gasteiger partial charge in [-0.3, -0.25) is 4.79 Å². The third-order valence-electron chi connectivity index (χ3n) is 5.67. The summed E-state index contributed by atoms with van der Waals surface area (Å²) in [4.78, 5) is 27.8. The first kappa shape index (κ1) is 17.3. The maximum Gasteiger partial charge on any atom is 0.283 e. The number of carbonyl (C=O) groups excluding carboxylic acids is 1. The van der Waals surface area contributed by atoms with E-state index in [1.165, 1.54) is 11.3 Å². The van der Waals surface area contributed by atoms with E-state index in [-0.39, 0.29) is 11.9 Å². The zero-order valence-corrected chi connectivity index (χ0v) is 17.1. The fraction of sp³-hybridized carbons (Fsp3) is 0.182. The molecule has 1 aliphatic rings. The number of nitrogens with zero attached hydrogens (tertiary/aromatic N) is 5. The molecule has 0 unspecified atom stereocenters. The minimum Gasteiger partial charge on any atom is -0.348 e. The minimum atomic E-state index is -0.348. The Bertz CT molecular complexity index is 1380. The van der Waals surface area contributed by atoms with Crippen molar-refractivity contribution in [2.45, 2.75) is 19.4 Å². The van der Waals surface area contributed by atoms with Crippen molar-refractivity contribution >= 4 is 33.0 Å². The molecule has 8 heteroatoms. The highest BCUT2D eigenvalue weighted by molar-refractivity contribution is 7.20. The zero-order chi connectivity index (χ0) is 20.2. The van der Waals surface area contributed by atoms with E-state index in [1.807, 2.05) is 45.9 Å². The van der Waals surface area contributed by atoms with Gasteiger partial charge in [0.1, 0.15) is 6.04 Å². The molecule has 0 radical (unpaired) electrons. The van der Waals surface area contributed by atoms with E-state index in [0.717, 1.165) is 44.8 Å². The Kier molecular flexibility index (Phi) is 3.76. The topological polar surface area (TPSA) is 79.2 Å². The van der Waals surface area contributed by atoms with Crippen molar-refractivity contribution in [3.63, 3.8) is 0 Å². The number of fused-ring (bicyclic) bond motifs is 3. The summed E-state index contributed by atoms with van der Waals surface area (Å²) < 4.78 is 2.88. The molecule has 30 heavy (non-hydrogen) atoms. The quantitative estimate of drug-likeness (QED) is 0.477. The molecule has 5 aromatic rings. The number of para-hydroxylation sites is 1. The third-order valence-corrected chi connectivity index (χ3v) is 6.70. The van der Waals surface area contributed by atoms with Crippen LogP contribution < -0.4 is 0 Å².